The standard InChI is InChI=1S/C13H14O.2C2H6/c1-3-11-12-7-5-4-6-10(12)8-9(2)13(11)14;2*1-2/h4-8,14H,3H2,1-2H3;2*1-2H3. The quantitative estimate of drug-likeness (QED) is 0.707. The van der Waals surface area contributed by atoms with Crippen LogP contribution in [0.25, 0.3) is 10.8 Å². The molecule has 0 saturated heterocycles. The van der Waals surface area contributed by atoms with Crippen LogP contribution in [0.4, 0.5) is 0 Å². The Morgan fingerprint density at radius 3 is 2.11 bits per heavy atom. The molecule has 2 aromatic rings. The number of aromatic hydroxyl groups is 1. The molecule has 0 saturated carbocycles. The van der Waals surface area contributed by atoms with Gasteiger partial charge in [-0.25, -0.2) is 0 Å². The average molecular weight is 246 g/mol. The molecule has 1 N–H and O–H groups in total. The predicted octanol–water partition coefficient (Wildman–Crippen LogP) is 5.47. The van der Waals surface area contributed by atoms with Crippen molar-refractivity contribution in [1.82, 2.24) is 0 Å². The summed E-state index contributed by atoms with van der Waals surface area (Å²) in [6.45, 7) is 12.0. The molecule has 0 aliphatic rings. The van der Waals surface area contributed by atoms with Gasteiger partial charge >= 0.3 is 0 Å². The van der Waals surface area contributed by atoms with E-state index in [-0.39, 0.29) is 0 Å². The Bertz CT molecular complexity index is 472. The molecule has 0 unspecified atom stereocenters. The van der Waals surface area contributed by atoms with Crippen molar-refractivity contribution < 1.29 is 5.11 Å². The van der Waals surface area contributed by atoms with Crippen LogP contribution in [0.5, 0.6) is 5.75 Å². The molecular formula is C17H26O. The molecule has 2 rings (SSSR count). The van der Waals surface area contributed by atoms with E-state index in [1.54, 1.807) is 0 Å². The van der Waals surface area contributed by atoms with Gasteiger partial charge in [0.05, 0.1) is 0 Å². The van der Waals surface area contributed by atoms with Crippen molar-refractivity contribution in [1.29, 1.82) is 0 Å². The average Bonchev–Trinajstić information content (AvgIpc) is 2.45. The van der Waals surface area contributed by atoms with E-state index in [0.717, 1.165) is 22.9 Å². The molecule has 2 aromatic carbocycles. The van der Waals surface area contributed by atoms with Gasteiger partial charge in [0, 0.05) is 5.56 Å². The molecule has 0 spiro atoms. The van der Waals surface area contributed by atoms with Crippen LogP contribution >= 0.6 is 0 Å². The normalized spacial score (nSPS) is 9.00. The van der Waals surface area contributed by atoms with Crippen LogP contribution in [0, 0.1) is 6.92 Å². The third-order valence-electron chi connectivity index (χ3n) is 2.67. The lowest BCUT2D eigenvalue weighted by Crippen LogP contribution is -1.88. The van der Waals surface area contributed by atoms with Gasteiger partial charge in [-0.05, 0) is 35.7 Å². The molecule has 0 bridgehead atoms. The maximum atomic E-state index is 9.90. The van der Waals surface area contributed by atoms with Crippen LogP contribution < -0.4 is 0 Å². The number of hydrogen-bond donors (Lipinski definition) is 1. The first-order chi connectivity index (χ1) is 8.74. The topological polar surface area (TPSA) is 20.2 Å². The van der Waals surface area contributed by atoms with E-state index in [0.29, 0.717) is 5.75 Å². The molecule has 0 aliphatic carbocycles. The summed E-state index contributed by atoms with van der Waals surface area (Å²) in [5.74, 6) is 0.450. The highest BCUT2D eigenvalue weighted by molar-refractivity contribution is 5.88. The second kappa shape index (κ2) is 8.57. The van der Waals surface area contributed by atoms with Gasteiger partial charge in [-0.2, -0.15) is 0 Å². The fourth-order valence-corrected chi connectivity index (χ4v) is 1.92. The van der Waals surface area contributed by atoms with Crippen molar-refractivity contribution >= 4 is 10.8 Å². The van der Waals surface area contributed by atoms with Gasteiger partial charge < -0.3 is 5.11 Å². The third-order valence-corrected chi connectivity index (χ3v) is 2.67. The van der Waals surface area contributed by atoms with Crippen molar-refractivity contribution in [2.45, 2.75) is 48.0 Å². The van der Waals surface area contributed by atoms with Crippen molar-refractivity contribution in [2.24, 2.45) is 0 Å². The molecule has 18 heavy (non-hydrogen) atoms. The Morgan fingerprint density at radius 2 is 1.56 bits per heavy atom. The summed E-state index contributed by atoms with van der Waals surface area (Å²) in [5, 5.41) is 12.3. The van der Waals surface area contributed by atoms with Crippen LogP contribution in [-0.2, 0) is 6.42 Å². The largest absolute Gasteiger partial charge is 0.507 e. The molecule has 0 aliphatic heterocycles. The zero-order chi connectivity index (χ0) is 14.1. The molecule has 0 aromatic heterocycles. The molecule has 0 atom stereocenters. The molecule has 0 heterocycles. The monoisotopic (exact) mass is 246 g/mol. The van der Waals surface area contributed by atoms with Gasteiger partial charge in [-0.15, -0.1) is 0 Å². The molecule has 0 fully saturated rings. The van der Waals surface area contributed by atoms with Gasteiger partial charge in [0.25, 0.3) is 0 Å². The van der Waals surface area contributed by atoms with Crippen LogP contribution in [0.3, 0.4) is 0 Å². The third kappa shape index (κ3) is 3.49. The fraction of sp³-hybridized carbons (Fsp3) is 0.412. The molecule has 0 radical (unpaired) electrons. The summed E-state index contributed by atoms with van der Waals surface area (Å²) in [6, 6.07) is 10.2. The van der Waals surface area contributed by atoms with Crippen molar-refractivity contribution in [3.05, 3.63) is 41.5 Å². The maximum Gasteiger partial charge on any atom is 0.122 e. The van der Waals surface area contributed by atoms with Gasteiger partial charge in [0.15, 0.2) is 0 Å². The second-order valence-corrected chi connectivity index (χ2v) is 3.60. The van der Waals surface area contributed by atoms with Gasteiger partial charge in [-0.3, -0.25) is 0 Å². The number of phenolic OH excluding ortho intramolecular Hbond substituents is 1. The van der Waals surface area contributed by atoms with E-state index in [2.05, 4.69) is 19.1 Å². The highest BCUT2D eigenvalue weighted by Crippen LogP contribution is 2.30. The minimum atomic E-state index is 0.450. The van der Waals surface area contributed by atoms with E-state index in [1.807, 2.05) is 52.8 Å². The summed E-state index contributed by atoms with van der Waals surface area (Å²) in [5.41, 5.74) is 2.01. The van der Waals surface area contributed by atoms with Crippen LogP contribution in [0.1, 0.15) is 45.7 Å². The number of hydrogen-bond acceptors (Lipinski definition) is 1. The molecule has 1 heteroatoms. The maximum absolute atomic E-state index is 9.90. The first-order valence-electron chi connectivity index (χ1n) is 6.94. The Morgan fingerprint density at radius 1 is 1.00 bits per heavy atom. The Kier molecular flexibility index (Phi) is 7.86. The summed E-state index contributed by atoms with van der Waals surface area (Å²) in [6.07, 6.45) is 0.869. The molecule has 1 nitrogen and oxygen atoms in total. The van der Waals surface area contributed by atoms with Crippen LogP contribution in [-0.4, -0.2) is 5.11 Å². The van der Waals surface area contributed by atoms with Crippen molar-refractivity contribution in [3.8, 4) is 5.75 Å². The van der Waals surface area contributed by atoms with E-state index < -0.39 is 0 Å². The minimum Gasteiger partial charge on any atom is -0.507 e. The SMILES string of the molecule is CC.CC.CCc1c(O)c(C)cc2ccccc12. The Labute approximate surface area is 111 Å². The van der Waals surface area contributed by atoms with E-state index in [1.165, 1.54) is 5.39 Å². The number of aryl methyl sites for hydroxylation is 2. The molecule has 0 amide bonds. The van der Waals surface area contributed by atoms with Crippen molar-refractivity contribution in [3.63, 3.8) is 0 Å². The summed E-state index contributed by atoms with van der Waals surface area (Å²) >= 11 is 0. The van der Waals surface area contributed by atoms with E-state index in [9.17, 15) is 5.11 Å². The van der Waals surface area contributed by atoms with Gasteiger partial charge in [-0.1, -0.05) is 58.9 Å². The van der Waals surface area contributed by atoms with Gasteiger partial charge in [0.1, 0.15) is 5.75 Å². The smallest absolute Gasteiger partial charge is 0.122 e. The summed E-state index contributed by atoms with van der Waals surface area (Å²) in [7, 11) is 0. The van der Waals surface area contributed by atoms with Crippen LogP contribution in [0.15, 0.2) is 30.3 Å². The zero-order valence-corrected chi connectivity index (χ0v) is 12.5. The number of benzene rings is 2. The Hall–Kier alpha value is -1.50. The highest BCUT2D eigenvalue weighted by atomic mass is 16.3. The van der Waals surface area contributed by atoms with E-state index >= 15 is 0 Å². The number of rotatable bonds is 1. The highest BCUT2D eigenvalue weighted by Gasteiger charge is 2.07. The lowest BCUT2D eigenvalue weighted by atomic mass is 9.98. The lowest BCUT2D eigenvalue weighted by Gasteiger charge is -2.09. The number of phenols is 1. The van der Waals surface area contributed by atoms with Gasteiger partial charge in [0.2, 0.25) is 0 Å². The lowest BCUT2D eigenvalue weighted by molar-refractivity contribution is 0.466. The second-order valence-electron chi connectivity index (χ2n) is 3.60. The van der Waals surface area contributed by atoms with E-state index in [4.69, 9.17) is 0 Å². The van der Waals surface area contributed by atoms with Crippen LogP contribution in [0.2, 0.25) is 0 Å². The zero-order valence-electron chi connectivity index (χ0n) is 12.5. The summed E-state index contributed by atoms with van der Waals surface area (Å²) < 4.78 is 0. The first kappa shape index (κ1) is 16.5. The molecular weight excluding hydrogens is 220 g/mol. The minimum absolute atomic E-state index is 0.450. The predicted molar refractivity (Wildman–Crippen MR) is 82.4 cm³/mol. The molecule has 100 valence electrons. The Balaban J connectivity index is 0.000000659. The first-order valence-corrected chi connectivity index (χ1v) is 6.94. The van der Waals surface area contributed by atoms with Crippen molar-refractivity contribution in [2.75, 3.05) is 0 Å². The number of fused-ring (bicyclic) bond motifs is 1. The summed E-state index contributed by atoms with van der Waals surface area (Å²) in [4.78, 5) is 0. The fourth-order valence-electron chi connectivity index (χ4n) is 1.92.